The molecule has 0 aromatic heterocycles. The molecule has 0 bridgehead atoms. The third-order valence-corrected chi connectivity index (χ3v) is 3.27. The molecule has 2 N–H and O–H groups in total. The fourth-order valence-electron chi connectivity index (χ4n) is 1.83. The number of nitrogens with zero attached hydrogens (tertiary/aromatic N) is 3. The van der Waals surface area contributed by atoms with Crippen LogP contribution in [0.25, 0.3) is 0 Å². The number of benzene rings is 2. The van der Waals surface area contributed by atoms with Crippen LogP contribution in [-0.4, -0.2) is 40.7 Å². The summed E-state index contributed by atoms with van der Waals surface area (Å²) < 4.78 is 59.2. The molecule has 2 aromatic rings. The van der Waals surface area contributed by atoms with Gasteiger partial charge in [0.15, 0.2) is 0 Å². The SMILES string of the molecule is F[P-](F)(F)(F)(F)F.O=[N+]([O-])c1ccc(O)c(C=NCCN=Cc2cc(Cl)ccc2O)c1.[Mn]. The van der Waals surface area contributed by atoms with Crippen molar-refractivity contribution in [3.63, 3.8) is 0 Å². The summed E-state index contributed by atoms with van der Waals surface area (Å²) in [5.74, 6) is -0.00938. The molecule has 2 aromatic carbocycles. The molecule has 0 unspecified atom stereocenters. The molecule has 0 saturated heterocycles. The van der Waals surface area contributed by atoms with Gasteiger partial charge in [-0.1, -0.05) is 11.6 Å². The van der Waals surface area contributed by atoms with Gasteiger partial charge in [-0.25, -0.2) is 0 Å². The van der Waals surface area contributed by atoms with Crippen molar-refractivity contribution in [1.82, 2.24) is 0 Å². The first-order chi connectivity index (χ1) is 13.9. The van der Waals surface area contributed by atoms with E-state index in [2.05, 4.69) is 9.98 Å². The van der Waals surface area contributed by atoms with Gasteiger partial charge in [0.1, 0.15) is 11.5 Å². The Hall–Kier alpha value is -2.40. The summed E-state index contributed by atoms with van der Waals surface area (Å²) >= 11 is 5.83. The number of phenols is 2. The summed E-state index contributed by atoms with van der Waals surface area (Å²) in [6.07, 6.45) is 2.84. The Kier molecular flexibility index (Phi) is 9.69. The molecular weight excluding hydrogens is 534 g/mol. The number of nitro groups is 1. The van der Waals surface area contributed by atoms with Crippen LogP contribution >= 0.6 is 19.4 Å². The van der Waals surface area contributed by atoms with Crippen molar-refractivity contribution in [2.24, 2.45) is 9.98 Å². The fourth-order valence-corrected chi connectivity index (χ4v) is 2.01. The van der Waals surface area contributed by atoms with Gasteiger partial charge in [-0.2, -0.15) is 0 Å². The zero-order chi connectivity index (χ0) is 23.9. The number of aromatic hydroxyl groups is 2. The second-order valence-corrected chi connectivity index (χ2v) is 8.09. The largest absolute Gasteiger partial charge is 0.507 e. The van der Waals surface area contributed by atoms with E-state index in [1.54, 1.807) is 12.1 Å². The first-order valence-electron chi connectivity index (χ1n) is 7.94. The van der Waals surface area contributed by atoms with Gasteiger partial charge >= 0.3 is 33.0 Å². The number of rotatable bonds is 6. The van der Waals surface area contributed by atoms with Crippen molar-refractivity contribution < 1.29 is 57.4 Å². The van der Waals surface area contributed by atoms with E-state index in [1.165, 1.54) is 36.7 Å². The number of phenolic OH excluding ortho intramolecular Hbond substituents is 2. The molecule has 0 fully saturated rings. The van der Waals surface area contributed by atoms with E-state index in [0.29, 0.717) is 23.7 Å². The third-order valence-electron chi connectivity index (χ3n) is 3.03. The van der Waals surface area contributed by atoms with E-state index in [0.717, 1.165) is 0 Å². The van der Waals surface area contributed by atoms with Gasteiger partial charge in [0.25, 0.3) is 5.69 Å². The summed E-state index contributed by atoms with van der Waals surface area (Å²) in [5, 5.41) is 30.5. The molecule has 0 amide bonds. The maximum Gasteiger partial charge on any atom is 0.270 e. The van der Waals surface area contributed by atoms with Gasteiger partial charge < -0.3 is 10.2 Å². The Labute approximate surface area is 192 Å². The van der Waals surface area contributed by atoms with Gasteiger partial charge in [0, 0.05) is 57.8 Å². The Morgan fingerprint density at radius 1 is 0.906 bits per heavy atom. The van der Waals surface area contributed by atoms with E-state index in [-0.39, 0.29) is 39.8 Å². The zero-order valence-corrected chi connectivity index (χ0v) is 18.4. The topological polar surface area (TPSA) is 108 Å². The Bertz CT molecular complexity index is 1010. The molecule has 0 heterocycles. The molecule has 0 spiro atoms. The number of aliphatic imine (C=N–C) groups is 2. The first-order valence-corrected chi connectivity index (χ1v) is 10.3. The standard InChI is InChI=1S/C16H14ClN3O4.F6P.Mn/c17-13-1-3-15(21)11(7-13)9-18-5-6-19-10-12-8-14(20(23)24)2-4-16(12)22;1-7(2,3,4,5)6;/h1-4,7-10,21-22H,5-6H2;;/q;-1;. The number of halogens is 7. The number of nitro benzene ring substituents is 1. The van der Waals surface area contributed by atoms with Gasteiger partial charge in [-0.05, 0) is 24.3 Å². The van der Waals surface area contributed by atoms with Crippen molar-refractivity contribution in [2.45, 2.75) is 0 Å². The monoisotopic (exact) mass is 547 g/mol. The minimum absolute atomic E-state index is 0. The molecule has 0 aliphatic rings. The van der Waals surface area contributed by atoms with Crippen molar-refractivity contribution in [2.75, 3.05) is 13.1 Å². The average Bonchev–Trinajstić information content (AvgIpc) is 2.59. The van der Waals surface area contributed by atoms with E-state index < -0.39 is 12.7 Å². The summed E-state index contributed by atoms with van der Waals surface area (Å²) in [5.41, 5.74) is 0.646. The minimum atomic E-state index is -10.7. The van der Waals surface area contributed by atoms with Crippen molar-refractivity contribution in [3.05, 3.63) is 62.7 Å². The predicted octanol–water partition coefficient (Wildman–Crippen LogP) is 6.58. The van der Waals surface area contributed by atoms with Crippen molar-refractivity contribution in [1.29, 1.82) is 0 Å². The zero-order valence-electron chi connectivity index (χ0n) is 15.6. The molecule has 0 atom stereocenters. The number of non-ortho nitro benzene ring substituents is 1. The molecule has 179 valence electrons. The van der Waals surface area contributed by atoms with E-state index >= 15 is 0 Å². The molecule has 0 saturated carbocycles. The van der Waals surface area contributed by atoms with E-state index in [9.17, 15) is 45.5 Å². The molecule has 2 rings (SSSR count). The van der Waals surface area contributed by atoms with Gasteiger partial charge in [-0.15, -0.1) is 0 Å². The van der Waals surface area contributed by atoms with Crippen LogP contribution in [0.3, 0.4) is 0 Å². The van der Waals surface area contributed by atoms with Crippen LogP contribution in [0.4, 0.5) is 30.9 Å². The summed E-state index contributed by atoms with van der Waals surface area (Å²) in [6, 6.07) is 8.35. The van der Waals surface area contributed by atoms with Crippen LogP contribution < -0.4 is 0 Å². The Balaban J connectivity index is 0.00000104. The van der Waals surface area contributed by atoms with Crippen LogP contribution in [0.2, 0.25) is 5.02 Å². The van der Waals surface area contributed by atoms with Crippen LogP contribution in [0.15, 0.2) is 46.4 Å². The smallest absolute Gasteiger partial charge is 0.270 e. The fraction of sp³-hybridized carbons (Fsp3) is 0.125. The Morgan fingerprint density at radius 2 is 1.31 bits per heavy atom. The first kappa shape index (κ1) is 29.6. The molecule has 16 heteroatoms. The summed E-state index contributed by atoms with van der Waals surface area (Å²) in [7, 11) is -10.7. The van der Waals surface area contributed by atoms with Crippen LogP contribution in [0.1, 0.15) is 11.1 Å². The molecule has 1 radical (unpaired) electrons. The number of hydrogen-bond acceptors (Lipinski definition) is 6. The summed E-state index contributed by atoms with van der Waals surface area (Å²) in [6.45, 7) is 0.665. The van der Waals surface area contributed by atoms with Gasteiger partial charge in [0.2, 0.25) is 0 Å². The maximum absolute atomic E-state index is 10.7. The van der Waals surface area contributed by atoms with E-state index in [1.807, 2.05) is 0 Å². The normalized spacial score (nSPS) is 13.6. The van der Waals surface area contributed by atoms with Crippen LogP contribution in [-0.2, 0) is 17.1 Å². The van der Waals surface area contributed by atoms with Crippen LogP contribution in [0, 0.1) is 10.1 Å². The van der Waals surface area contributed by atoms with E-state index in [4.69, 9.17) is 11.6 Å². The second-order valence-electron chi connectivity index (χ2n) is 5.73. The molecular formula is C16H14ClF6MnN3O4P-. The van der Waals surface area contributed by atoms with Crippen LogP contribution in [0.5, 0.6) is 11.5 Å². The third kappa shape index (κ3) is 14.6. The average molecular weight is 548 g/mol. The van der Waals surface area contributed by atoms with Gasteiger partial charge in [0.05, 0.1) is 18.0 Å². The minimum Gasteiger partial charge on any atom is -0.507 e. The molecule has 32 heavy (non-hydrogen) atoms. The quantitative estimate of drug-likeness (QED) is 0.0810. The predicted molar refractivity (Wildman–Crippen MR) is 106 cm³/mol. The van der Waals surface area contributed by atoms with Crippen molar-refractivity contribution in [3.8, 4) is 11.5 Å². The molecule has 0 aliphatic heterocycles. The molecule has 7 nitrogen and oxygen atoms in total. The number of hydrogen-bond donors (Lipinski definition) is 2. The van der Waals surface area contributed by atoms with Gasteiger partial charge in [-0.3, -0.25) is 20.1 Å². The summed E-state index contributed by atoms with van der Waals surface area (Å²) in [4.78, 5) is 18.3. The van der Waals surface area contributed by atoms with Crippen molar-refractivity contribution >= 4 is 37.5 Å². The molecule has 0 aliphatic carbocycles. The second kappa shape index (κ2) is 10.5. The maximum atomic E-state index is 10.7. The Morgan fingerprint density at radius 3 is 1.75 bits per heavy atom.